The zero-order chi connectivity index (χ0) is 16.8. The van der Waals surface area contributed by atoms with Gasteiger partial charge in [0.25, 0.3) is 0 Å². The fourth-order valence-electron chi connectivity index (χ4n) is 2.57. The Bertz CT molecular complexity index is 813. The first kappa shape index (κ1) is 16.0. The molecule has 0 fully saturated rings. The monoisotopic (exact) mass is 323 g/mol. The van der Waals surface area contributed by atoms with Crippen molar-refractivity contribution in [3.8, 4) is 0 Å². The van der Waals surface area contributed by atoms with Crippen molar-refractivity contribution in [2.45, 2.75) is 13.0 Å². The number of nitrogens with one attached hydrogen (secondary N) is 1. The van der Waals surface area contributed by atoms with E-state index >= 15 is 0 Å². The maximum absolute atomic E-state index is 4.86. The third-order valence-electron chi connectivity index (χ3n) is 3.78. The number of benzene rings is 1. The standard InChI is InChI=1S/C18H21N5O/c1-19-18(23(2)13-16-10-12-24-22-16)20-11-9-15-8-7-14-5-3-4-6-17(14)21-15/h3-8,10,12H,9,11,13H2,1-2H3,(H,19,20). The Balaban J connectivity index is 1.55. The van der Waals surface area contributed by atoms with E-state index in [0.29, 0.717) is 6.54 Å². The van der Waals surface area contributed by atoms with Gasteiger partial charge in [-0.3, -0.25) is 9.98 Å². The topological polar surface area (TPSA) is 66.6 Å². The van der Waals surface area contributed by atoms with Crippen LogP contribution in [0.2, 0.25) is 0 Å². The van der Waals surface area contributed by atoms with Crippen molar-refractivity contribution in [1.29, 1.82) is 0 Å². The summed E-state index contributed by atoms with van der Waals surface area (Å²) in [6.07, 6.45) is 2.41. The SMILES string of the molecule is CN=C(NCCc1ccc2ccccc2n1)N(C)Cc1ccon1. The van der Waals surface area contributed by atoms with Crippen molar-refractivity contribution >= 4 is 16.9 Å². The lowest BCUT2D eigenvalue weighted by Gasteiger charge is -2.20. The van der Waals surface area contributed by atoms with Gasteiger partial charge >= 0.3 is 0 Å². The maximum atomic E-state index is 4.86. The Morgan fingerprint density at radius 2 is 2.04 bits per heavy atom. The first-order valence-electron chi connectivity index (χ1n) is 7.92. The average Bonchev–Trinajstić information content (AvgIpc) is 3.11. The van der Waals surface area contributed by atoms with E-state index in [-0.39, 0.29) is 0 Å². The van der Waals surface area contributed by atoms with Gasteiger partial charge in [-0.2, -0.15) is 0 Å². The lowest BCUT2D eigenvalue weighted by molar-refractivity contribution is 0.391. The summed E-state index contributed by atoms with van der Waals surface area (Å²) >= 11 is 0. The van der Waals surface area contributed by atoms with Crippen molar-refractivity contribution in [3.63, 3.8) is 0 Å². The molecule has 3 aromatic rings. The van der Waals surface area contributed by atoms with Gasteiger partial charge in [0.15, 0.2) is 5.96 Å². The molecular formula is C18H21N5O. The van der Waals surface area contributed by atoms with Crippen LogP contribution in [0.25, 0.3) is 10.9 Å². The number of fused-ring (bicyclic) bond motifs is 1. The highest BCUT2D eigenvalue weighted by Gasteiger charge is 2.08. The van der Waals surface area contributed by atoms with Crippen LogP contribution in [0.5, 0.6) is 0 Å². The third kappa shape index (κ3) is 3.90. The molecule has 0 amide bonds. The van der Waals surface area contributed by atoms with Crippen molar-refractivity contribution in [2.75, 3.05) is 20.6 Å². The normalized spacial score (nSPS) is 11.7. The fourth-order valence-corrected chi connectivity index (χ4v) is 2.57. The van der Waals surface area contributed by atoms with Crippen LogP contribution >= 0.6 is 0 Å². The van der Waals surface area contributed by atoms with Gasteiger partial charge in [0, 0.05) is 44.2 Å². The van der Waals surface area contributed by atoms with Crippen molar-refractivity contribution < 1.29 is 4.52 Å². The number of hydrogen-bond acceptors (Lipinski definition) is 4. The number of rotatable bonds is 5. The van der Waals surface area contributed by atoms with Crippen LogP contribution in [-0.4, -0.2) is 41.6 Å². The van der Waals surface area contributed by atoms with Gasteiger partial charge < -0.3 is 14.7 Å². The third-order valence-corrected chi connectivity index (χ3v) is 3.78. The van der Waals surface area contributed by atoms with E-state index in [2.05, 4.69) is 38.6 Å². The highest BCUT2D eigenvalue weighted by molar-refractivity contribution is 5.80. The second kappa shape index (κ2) is 7.59. The highest BCUT2D eigenvalue weighted by Crippen LogP contribution is 2.11. The molecular weight excluding hydrogens is 302 g/mol. The minimum absolute atomic E-state index is 0.643. The van der Waals surface area contributed by atoms with Gasteiger partial charge in [-0.25, -0.2) is 0 Å². The first-order chi connectivity index (χ1) is 11.8. The van der Waals surface area contributed by atoms with E-state index in [9.17, 15) is 0 Å². The van der Waals surface area contributed by atoms with Crippen LogP contribution in [0.3, 0.4) is 0 Å². The summed E-state index contributed by atoms with van der Waals surface area (Å²) in [5, 5.41) is 8.44. The molecule has 0 saturated carbocycles. The average molecular weight is 323 g/mol. The molecule has 0 atom stereocenters. The fraction of sp³-hybridized carbons (Fsp3) is 0.278. The van der Waals surface area contributed by atoms with Gasteiger partial charge in [0.1, 0.15) is 12.0 Å². The summed E-state index contributed by atoms with van der Waals surface area (Å²) in [4.78, 5) is 11.0. The van der Waals surface area contributed by atoms with Gasteiger partial charge in [-0.15, -0.1) is 0 Å². The van der Waals surface area contributed by atoms with Crippen LogP contribution in [-0.2, 0) is 13.0 Å². The number of hydrogen-bond donors (Lipinski definition) is 1. The molecule has 0 bridgehead atoms. The second-order valence-corrected chi connectivity index (χ2v) is 5.57. The Hall–Kier alpha value is -2.89. The predicted octanol–water partition coefficient (Wildman–Crippen LogP) is 2.47. The minimum atomic E-state index is 0.643. The van der Waals surface area contributed by atoms with E-state index in [4.69, 9.17) is 4.52 Å². The molecule has 0 radical (unpaired) electrons. The number of aromatic nitrogens is 2. The van der Waals surface area contributed by atoms with Gasteiger partial charge in [0.05, 0.1) is 12.1 Å². The minimum Gasteiger partial charge on any atom is -0.364 e. The molecule has 124 valence electrons. The molecule has 1 aromatic carbocycles. The van der Waals surface area contributed by atoms with Crippen molar-refractivity contribution in [3.05, 3.63) is 60.1 Å². The zero-order valence-electron chi connectivity index (χ0n) is 13.9. The van der Waals surface area contributed by atoms with Gasteiger partial charge in [0.2, 0.25) is 0 Å². The Morgan fingerprint density at radius 3 is 2.83 bits per heavy atom. The molecule has 2 heterocycles. The molecule has 24 heavy (non-hydrogen) atoms. The summed E-state index contributed by atoms with van der Waals surface area (Å²) in [5.74, 6) is 0.818. The number of aliphatic imine (C=N–C) groups is 1. The van der Waals surface area contributed by atoms with Crippen LogP contribution in [0.15, 0.2) is 58.2 Å². The molecule has 0 spiro atoms. The number of nitrogens with zero attached hydrogens (tertiary/aromatic N) is 4. The molecule has 6 heteroatoms. The molecule has 0 aliphatic carbocycles. The first-order valence-corrected chi connectivity index (χ1v) is 7.92. The van der Waals surface area contributed by atoms with E-state index in [1.165, 1.54) is 0 Å². The largest absolute Gasteiger partial charge is 0.364 e. The Labute approximate surface area is 141 Å². The summed E-state index contributed by atoms with van der Waals surface area (Å²) < 4.78 is 4.86. The van der Waals surface area contributed by atoms with E-state index in [1.807, 2.05) is 36.2 Å². The van der Waals surface area contributed by atoms with Crippen LogP contribution in [0.1, 0.15) is 11.4 Å². The van der Waals surface area contributed by atoms with Crippen LogP contribution < -0.4 is 5.32 Å². The lowest BCUT2D eigenvalue weighted by atomic mass is 10.2. The maximum Gasteiger partial charge on any atom is 0.193 e. The Kier molecular flexibility index (Phi) is 5.05. The summed E-state index contributed by atoms with van der Waals surface area (Å²) in [7, 11) is 3.74. The molecule has 2 aromatic heterocycles. The second-order valence-electron chi connectivity index (χ2n) is 5.57. The number of guanidine groups is 1. The van der Waals surface area contributed by atoms with Crippen molar-refractivity contribution in [1.82, 2.24) is 20.4 Å². The molecule has 0 aliphatic heterocycles. The summed E-state index contributed by atoms with van der Waals surface area (Å²) in [6.45, 7) is 1.41. The molecule has 0 unspecified atom stereocenters. The van der Waals surface area contributed by atoms with Crippen LogP contribution in [0, 0.1) is 0 Å². The molecule has 1 N–H and O–H groups in total. The molecule has 3 rings (SSSR count). The molecule has 0 saturated heterocycles. The predicted molar refractivity (Wildman–Crippen MR) is 94.8 cm³/mol. The molecule has 0 aliphatic rings. The number of para-hydroxylation sites is 1. The van der Waals surface area contributed by atoms with Crippen LogP contribution in [0.4, 0.5) is 0 Å². The van der Waals surface area contributed by atoms with Gasteiger partial charge in [-0.05, 0) is 12.1 Å². The smallest absolute Gasteiger partial charge is 0.193 e. The van der Waals surface area contributed by atoms with E-state index < -0.39 is 0 Å². The number of pyridine rings is 1. The van der Waals surface area contributed by atoms with E-state index in [0.717, 1.165) is 41.2 Å². The van der Waals surface area contributed by atoms with Crippen molar-refractivity contribution in [2.24, 2.45) is 4.99 Å². The molecule has 6 nitrogen and oxygen atoms in total. The van der Waals surface area contributed by atoms with E-state index in [1.54, 1.807) is 13.3 Å². The summed E-state index contributed by atoms with van der Waals surface area (Å²) in [6, 6.07) is 14.2. The van der Waals surface area contributed by atoms with Gasteiger partial charge in [-0.1, -0.05) is 29.4 Å². The quantitative estimate of drug-likeness (QED) is 0.577. The lowest BCUT2D eigenvalue weighted by Crippen LogP contribution is -2.39. The summed E-state index contributed by atoms with van der Waals surface area (Å²) in [5.41, 5.74) is 2.97. The zero-order valence-corrected chi connectivity index (χ0v) is 13.9. The highest BCUT2D eigenvalue weighted by atomic mass is 16.5. The Morgan fingerprint density at radius 1 is 1.17 bits per heavy atom.